The third-order valence-electron chi connectivity index (χ3n) is 2.85. The van der Waals surface area contributed by atoms with E-state index in [4.69, 9.17) is 0 Å². The molecule has 2 heterocycles. The van der Waals surface area contributed by atoms with E-state index < -0.39 is 0 Å². The van der Waals surface area contributed by atoms with Crippen LogP contribution in [0.25, 0.3) is 11.0 Å². The summed E-state index contributed by atoms with van der Waals surface area (Å²) in [5.41, 5.74) is 1.64. The minimum Gasteiger partial charge on any atom is -0.505 e. The van der Waals surface area contributed by atoms with Crippen molar-refractivity contribution in [2.24, 2.45) is 0 Å². The van der Waals surface area contributed by atoms with Gasteiger partial charge in [-0.25, -0.2) is 0 Å². The summed E-state index contributed by atoms with van der Waals surface area (Å²) in [6.45, 7) is 5.89. The van der Waals surface area contributed by atoms with Crippen LogP contribution in [-0.2, 0) is 0 Å². The Morgan fingerprint density at radius 3 is 2.94 bits per heavy atom. The van der Waals surface area contributed by atoms with E-state index in [1.165, 1.54) is 6.07 Å². The molecule has 0 fully saturated rings. The average molecular weight is 221 g/mol. The zero-order valence-electron chi connectivity index (χ0n) is 9.61. The van der Waals surface area contributed by atoms with Gasteiger partial charge in [-0.1, -0.05) is 6.92 Å². The maximum atomic E-state index is 11.3. The summed E-state index contributed by atoms with van der Waals surface area (Å²) in [5, 5.41) is 14.2. The fraction of sp³-hybridized carbons (Fsp3) is 0.455. The first-order valence-corrected chi connectivity index (χ1v) is 5.35. The molecule has 5 heteroatoms. The summed E-state index contributed by atoms with van der Waals surface area (Å²) in [5.74, 6) is -0.0142. The average Bonchev–Trinajstić information content (AvgIpc) is 2.55. The largest absolute Gasteiger partial charge is 0.505 e. The van der Waals surface area contributed by atoms with Gasteiger partial charge in [0.05, 0.1) is 11.2 Å². The molecule has 86 valence electrons. The predicted octanol–water partition coefficient (Wildman–Crippen LogP) is 1.71. The fourth-order valence-corrected chi connectivity index (χ4v) is 1.79. The number of pyridine rings is 1. The molecule has 0 saturated carbocycles. The van der Waals surface area contributed by atoms with Crippen molar-refractivity contribution in [1.82, 2.24) is 14.8 Å². The van der Waals surface area contributed by atoms with Gasteiger partial charge in [0.2, 0.25) is 0 Å². The number of rotatable bonds is 2. The number of aromatic nitrogens is 3. The summed E-state index contributed by atoms with van der Waals surface area (Å²) >= 11 is 0. The first-order chi connectivity index (χ1) is 7.54. The number of nitrogens with one attached hydrogen (secondary N) is 1. The van der Waals surface area contributed by atoms with Crippen LogP contribution in [0.15, 0.2) is 10.9 Å². The highest BCUT2D eigenvalue weighted by atomic mass is 16.3. The Morgan fingerprint density at radius 1 is 1.62 bits per heavy atom. The van der Waals surface area contributed by atoms with Crippen molar-refractivity contribution in [2.75, 3.05) is 0 Å². The number of nitrogens with zero attached hydrogens (tertiary/aromatic N) is 2. The lowest BCUT2D eigenvalue weighted by molar-refractivity contribution is 0.456. The van der Waals surface area contributed by atoms with Gasteiger partial charge in [0.15, 0.2) is 0 Å². The van der Waals surface area contributed by atoms with E-state index in [1.54, 1.807) is 4.68 Å². The van der Waals surface area contributed by atoms with Gasteiger partial charge in [0, 0.05) is 12.1 Å². The van der Waals surface area contributed by atoms with Crippen LogP contribution in [0.1, 0.15) is 32.0 Å². The van der Waals surface area contributed by atoms with Gasteiger partial charge in [0.1, 0.15) is 11.3 Å². The maximum Gasteiger partial charge on any atom is 0.252 e. The molecule has 2 aromatic rings. The van der Waals surface area contributed by atoms with Crippen LogP contribution in [0.2, 0.25) is 0 Å². The zero-order chi connectivity index (χ0) is 11.9. The third kappa shape index (κ3) is 1.48. The van der Waals surface area contributed by atoms with E-state index in [-0.39, 0.29) is 17.4 Å². The molecule has 2 N–H and O–H groups in total. The van der Waals surface area contributed by atoms with Gasteiger partial charge in [-0.05, 0) is 20.3 Å². The second-order valence-corrected chi connectivity index (χ2v) is 4.03. The van der Waals surface area contributed by atoms with Crippen LogP contribution in [0, 0.1) is 6.92 Å². The first kappa shape index (κ1) is 10.7. The van der Waals surface area contributed by atoms with Crippen molar-refractivity contribution in [1.29, 1.82) is 0 Å². The van der Waals surface area contributed by atoms with Gasteiger partial charge < -0.3 is 10.1 Å². The maximum absolute atomic E-state index is 11.3. The standard InChI is InChI=1S/C11H15N3O2/c1-4-6(2)14-11-8(15)5-9(16)12-10(11)7(3)13-14/h5-6H,4H2,1-3H3,(H2,12,15,16)/t6-/m1/s1. The Balaban J connectivity index is 2.83. The van der Waals surface area contributed by atoms with E-state index in [0.717, 1.165) is 12.1 Å². The molecule has 1 atom stereocenters. The number of aryl methyl sites for hydroxylation is 1. The molecular weight excluding hydrogens is 206 g/mol. The minimum absolute atomic E-state index is 0.0142. The molecule has 0 aliphatic heterocycles. The molecule has 0 unspecified atom stereocenters. The first-order valence-electron chi connectivity index (χ1n) is 5.35. The molecule has 2 rings (SSSR count). The Kier molecular flexibility index (Phi) is 2.46. The Bertz CT molecular complexity index is 583. The molecule has 0 saturated heterocycles. The molecule has 2 aromatic heterocycles. The molecule has 0 spiro atoms. The van der Waals surface area contributed by atoms with Crippen molar-refractivity contribution in [3.05, 3.63) is 22.1 Å². The lowest BCUT2D eigenvalue weighted by atomic mass is 10.2. The van der Waals surface area contributed by atoms with Crippen LogP contribution in [0.5, 0.6) is 5.75 Å². The molecule has 0 radical (unpaired) electrons. The van der Waals surface area contributed by atoms with Gasteiger partial charge in [0.25, 0.3) is 5.56 Å². The van der Waals surface area contributed by atoms with E-state index in [1.807, 2.05) is 13.8 Å². The topological polar surface area (TPSA) is 70.9 Å². The Morgan fingerprint density at radius 2 is 2.31 bits per heavy atom. The summed E-state index contributed by atoms with van der Waals surface area (Å²) in [7, 11) is 0. The predicted molar refractivity (Wildman–Crippen MR) is 61.8 cm³/mol. The van der Waals surface area contributed by atoms with E-state index in [9.17, 15) is 9.90 Å². The van der Waals surface area contributed by atoms with Crippen molar-refractivity contribution in [3.63, 3.8) is 0 Å². The lowest BCUT2D eigenvalue weighted by Gasteiger charge is -2.10. The summed E-state index contributed by atoms with van der Waals surface area (Å²) in [6, 6.07) is 1.37. The molecule has 0 aliphatic rings. The van der Waals surface area contributed by atoms with Gasteiger partial charge in [-0.2, -0.15) is 5.10 Å². The number of aromatic hydroxyl groups is 1. The van der Waals surface area contributed by atoms with E-state index in [0.29, 0.717) is 11.0 Å². The summed E-state index contributed by atoms with van der Waals surface area (Å²) in [6.07, 6.45) is 0.911. The Hall–Kier alpha value is -1.78. The number of fused-ring (bicyclic) bond motifs is 1. The normalized spacial score (nSPS) is 13.2. The van der Waals surface area contributed by atoms with Crippen molar-refractivity contribution in [2.45, 2.75) is 33.2 Å². The smallest absolute Gasteiger partial charge is 0.252 e. The van der Waals surface area contributed by atoms with Crippen LogP contribution in [-0.4, -0.2) is 19.9 Å². The molecule has 0 amide bonds. The number of hydrogen-bond donors (Lipinski definition) is 2. The molecule has 5 nitrogen and oxygen atoms in total. The number of H-pyrrole nitrogens is 1. The monoisotopic (exact) mass is 221 g/mol. The lowest BCUT2D eigenvalue weighted by Crippen LogP contribution is -2.07. The summed E-state index contributed by atoms with van der Waals surface area (Å²) in [4.78, 5) is 14.0. The summed E-state index contributed by atoms with van der Waals surface area (Å²) < 4.78 is 1.76. The second-order valence-electron chi connectivity index (χ2n) is 4.03. The van der Waals surface area contributed by atoms with Crippen molar-refractivity contribution < 1.29 is 5.11 Å². The highest BCUT2D eigenvalue weighted by Crippen LogP contribution is 2.26. The third-order valence-corrected chi connectivity index (χ3v) is 2.85. The minimum atomic E-state index is -0.309. The SMILES string of the molecule is CC[C@@H](C)n1nc(C)c2[nH]c(=O)cc(O)c21. The van der Waals surface area contributed by atoms with Gasteiger partial charge in [-0.3, -0.25) is 9.48 Å². The van der Waals surface area contributed by atoms with Gasteiger partial charge >= 0.3 is 0 Å². The van der Waals surface area contributed by atoms with Crippen molar-refractivity contribution in [3.8, 4) is 5.75 Å². The van der Waals surface area contributed by atoms with Crippen LogP contribution >= 0.6 is 0 Å². The highest BCUT2D eigenvalue weighted by Gasteiger charge is 2.15. The quantitative estimate of drug-likeness (QED) is 0.811. The van der Waals surface area contributed by atoms with Crippen LogP contribution in [0.4, 0.5) is 0 Å². The fourth-order valence-electron chi connectivity index (χ4n) is 1.79. The molecular formula is C11H15N3O2. The zero-order valence-corrected chi connectivity index (χ0v) is 9.61. The van der Waals surface area contributed by atoms with E-state index >= 15 is 0 Å². The number of aromatic amines is 1. The molecule has 0 aromatic carbocycles. The Labute approximate surface area is 92.7 Å². The molecule has 0 aliphatic carbocycles. The highest BCUT2D eigenvalue weighted by molar-refractivity contribution is 5.83. The van der Waals surface area contributed by atoms with Gasteiger partial charge in [-0.15, -0.1) is 0 Å². The van der Waals surface area contributed by atoms with E-state index in [2.05, 4.69) is 17.0 Å². The van der Waals surface area contributed by atoms with Crippen molar-refractivity contribution >= 4 is 11.0 Å². The second kappa shape index (κ2) is 3.66. The molecule has 16 heavy (non-hydrogen) atoms. The molecule has 0 bridgehead atoms. The van der Waals surface area contributed by atoms with Crippen LogP contribution in [0.3, 0.4) is 0 Å². The number of hydrogen-bond acceptors (Lipinski definition) is 3. The van der Waals surface area contributed by atoms with Crippen LogP contribution < -0.4 is 5.56 Å².